The first-order valence-corrected chi connectivity index (χ1v) is 10.3. The summed E-state index contributed by atoms with van der Waals surface area (Å²) < 4.78 is 13.2. The van der Waals surface area contributed by atoms with Crippen molar-refractivity contribution < 1.29 is 14.0 Å². The molecule has 0 saturated heterocycles. The molecule has 27 heavy (non-hydrogen) atoms. The van der Waals surface area contributed by atoms with Crippen LogP contribution in [-0.2, 0) is 22.7 Å². The maximum atomic E-state index is 13.2. The molecule has 0 atom stereocenters. The zero-order chi connectivity index (χ0) is 19.2. The Morgan fingerprint density at radius 1 is 1.11 bits per heavy atom. The number of hydrogen-bond donors (Lipinski definition) is 0. The fraction of sp³-hybridized carbons (Fsp3) is 0.429. The van der Waals surface area contributed by atoms with Crippen molar-refractivity contribution in [3.05, 3.63) is 58.0 Å². The van der Waals surface area contributed by atoms with Crippen molar-refractivity contribution >= 4 is 23.2 Å². The quantitative estimate of drug-likeness (QED) is 0.646. The predicted octanol–water partition coefficient (Wildman–Crippen LogP) is 4.21. The van der Waals surface area contributed by atoms with E-state index >= 15 is 0 Å². The van der Waals surface area contributed by atoms with Crippen LogP contribution >= 0.6 is 11.3 Å². The molecule has 2 amide bonds. The summed E-state index contributed by atoms with van der Waals surface area (Å²) in [6.07, 6.45) is 3.22. The van der Waals surface area contributed by atoms with Gasteiger partial charge in [-0.15, -0.1) is 11.3 Å². The highest BCUT2D eigenvalue weighted by Gasteiger charge is 2.34. The number of amides is 2. The first-order valence-electron chi connectivity index (χ1n) is 9.41. The summed E-state index contributed by atoms with van der Waals surface area (Å²) in [4.78, 5) is 30.1. The van der Waals surface area contributed by atoms with Crippen LogP contribution in [0.1, 0.15) is 43.0 Å². The molecule has 1 saturated carbocycles. The van der Waals surface area contributed by atoms with Gasteiger partial charge in [-0.1, -0.05) is 25.1 Å². The highest BCUT2D eigenvalue weighted by atomic mass is 32.1. The number of rotatable bonds is 9. The van der Waals surface area contributed by atoms with Gasteiger partial charge >= 0.3 is 0 Å². The molecular weight excluding hydrogens is 363 g/mol. The van der Waals surface area contributed by atoms with Crippen molar-refractivity contribution in [2.45, 2.75) is 51.7 Å². The first kappa shape index (κ1) is 19.5. The number of nitrogens with zero attached hydrogens (tertiary/aromatic N) is 2. The Morgan fingerprint density at radius 3 is 2.44 bits per heavy atom. The van der Waals surface area contributed by atoms with Crippen molar-refractivity contribution in [3.63, 3.8) is 0 Å². The number of carbonyl (C=O) groups excluding carboxylic acids is 2. The summed E-state index contributed by atoms with van der Waals surface area (Å²) >= 11 is 1.60. The fourth-order valence-corrected chi connectivity index (χ4v) is 3.76. The van der Waals surface area contributed by atoms with Crippen molar-refractivity contribution in [1.29, 1.82) is 0 Å². The van der Waals surface area contributed by atoms with Gasteiger partial charge in [0.2, 0.25) is 11.8 Å². The standard InChI is InChI=1S/C21H25FN2O2S/c1-2-4-20(25)24(18-10-11-18)15-21(26)23(14-19-5-3-12-27-19)13-16-6-8-17(22)9-7-16/h3,5-9,12,18H,2,4,10-11,13-15H2,1H3. The average Bonchev–Trinajstić information content (AvgIpc) is 3.36. The smallest absolute Gasteiger partial charge is 0.242 e. The Labute approximate surface area is 163 Å². The van der Waals surface area contributed by atoms with E-state index in [0.29, 0.717) is 19.5 Å². The van der Waals surface area contributed by atoms with Crippen molar-refractivity contribution in [2.24, 2.45) is 0 Å². The van der Waals surface area contributed by atoms with Gasteiger partial charge in [-0.2, -0.15) is 0 Å². The van der Waals surface area contributed by atoms with E-state index in [2.05, 4.69) is 0 Å². The van der Waals surface area contributed by atoms with E-state index in [4.69, 9.17) is 0 Å². The van der Waals surface area contributed by atoms with Gasteiger partial charge in [0.1, 0.15) is 12.4 Å². The molecule has 2 aromatic rings. The summed E-state index contributed by atoms with van der Waals surface area (Å²) in [5, 5.41) is 1.98. The molecule has 0 aliphatic heterocycles. The minimum absolute atomic E-state index is 0.0613. The van der Waals surface area contributed by atoms with Crippen LogP contribution in [-0.4, -0.2) is 34.2 Å². The average molecular weight is 389 g/mol. The second-order valence-electron chi connectivity index (χ2n) is 6.96. The predicted molar refractivity (Wildman–Crippen MR) is 105 cm³/mol. The van der Waals surface area contributed by atoms with Gasteiger partial charge in [0, 0.05) is 23.9 Å². The van der Waals surface area contributed by atoms with Gasteiger partial charge in [0.25, 0.3) is 0 Å². The van der Waals surface area contributed by atoms with Crippen LogP contribution in [0.3, 0.4) is 0 Å². The number of carbonyl (C=O) groups is 2. The fourth-order valence-electron chi connectivity index (χ4n) is 3.04. The minimum Gasteiger partial charge on any atom is -0.332 e. The Balaban J connectivity index is 1.72. The molecule has 0 unspecified atom stereocenters. The number of hydrogen-bond acceptors (Lipinski definition) is 3. The van der Waals surface area contributed by atoms with Crippen LogP contribution in [0.4, 0.5) is 4.39 Å². The lowest BCUT2D eigenvalue weighted by Gasteiger charge is -2.27. The van der Waals surface area contributed by atoms with E-state index < -0.39 is 0 Å². The topological polar surface area (TPSA) is 40.6 Å². The van der Waals surface area contributed by atoms with Crippen LogP contribution in [0.5, 0.6) is 0 Å². The molecule has 3 rings (SSSR count). The lowest BCUT2D eigenvalue weighted by molar-refractivity contribution is -0.141. The van der Waals surface area contributed by atoms with E-state index in [1.165, 1.54) is 12.1 Å². The molecule has 0 radical (unpaired) electrons. The van der Waals surface area contributed by atoms with E-state index in [0.717, 1.165) is 29.7 Å². The molecule has 1 fully saturated rings. The Morgan fingerprint density at radius 2 is 1.85 bits per heavy atom. The maximum Gasteiger partial charge on any atom is 0.242 e. The first-order chi connectivity index (χ1) is 13.1. The molecule has 0 spiro atoms. The monoisotopic (exact) mass is 388 g/mol. The molecule has 144 valence electrons. The third kappa shape index (κ3) is 5.63. The molecule has 1 aromatic heterocycles. The number of thiophene rings is 1. The molecule has 0 N–H and O–H groups in total. The molecular formula is C21H25FN2O2S. The third-order valence-electron chi connectivity index (χ3n) is 4.64. The number of halogens is 1. The van der Waals surface area contributed by atoms with Crippen LogP contribution < -0.4 is 0 Å². The summed E-state index contributed by atoms with van der Waals surface area (Å²) in [7, 11) is 0. The lowest BCUT2D eigenvalue weighted by atomic mass is 10.2. The van der Waals surface area contributed by atoms with Crippen LogP contribution in [0.25, 0.3) is 0 Å². The van der Waals surface area contributed by atoms with E-state index in [1.807, 2.05) is 24.4 Å². The molecule has 1 aliphatic carbocycles. The third-order valence-corrected chi connectivity index (χ3v) is 5.50. The van der Waals surface area contributed by atoms with Gasteiger partial charge in [0.05, 0.1) is 6.54 Å². The largest absolute Gasteiger partial charge is 0.332 e. The molecule has 0 bridgehead atoms. The highest BCUT2D eigenvalue weighted by Crippen LogP contribution is 2.28. The summed E-state index contributed by atoms with van der Waals surface area (Å²) in [5.74, 6) is -0.296. The maximum absolute atomic E-state index is 13.2. The summed E-state index contributed by atoms with van der Waals surface area (Å²) in [5.41, 5.74) is 0.874. The normalized spacial score (nSPS) is 13.4. The van der Waals surface area contributed by atoms with Crippen LogP contribution in [0.15, 0.2) is 41.8 Å². The Hall–Kier alpha value is -2.21. The van der Waals surface area contributed by atoms with Gasteiger partial charge in [-0.05, 0) is 48.4 Å². The SMILES string of the molecule is CCCC(=O)N(CC(=O)N(Cc1ccc(F)cc1)Cc1cccs1)C1CC1. The second-order valence-corrected chi connectivity index (χ2v) is 7.99. The van der Waals surface area contributed by atoms with E-state index in [1.54, 1.807) is 33.3 Å². The summed E-state index contributed by atoms with van der Waals surface area (Å²) in [6, 6.07) is 10.4. The Bertz CT molecular complexity index is 757. The van der Waals surface area contributed by atoms with Crippen LogP contribution in [0, 0.1) is 5.82 Å². The minimum atomic E-state index is -0.292. The second kappa shape index (κ2) is 9.13. The van der Waals surface area contributed by atoms with Crippen LogP contribution in [0.2, 0.25) is 0 Å². The highest BCUT2D eigenvalue weighted by molar-refractivity contribution is 7.09. The van der Waals surface area contributed by atoms with Crippen molar-refractivity contribution in [1.82, 2.24) is 9.80 Å². The molecule has 1 aromatic carbocycles. The van der Waals surface area contributed by atoms with Gasteiger partial charge in [-0.3, -0.25) is 9.59 Å². The van der Waals surface area contributed by atoms with Gasteiger partial charge in [0.15, 0.2) is 0 Å². The van der Waals surface area contributed by atoms with Gasteiger partial charge in [-0.25, -0.2) is 4.39 Å². The zero-order valence-electron chi connectivity index (χ0n) is 15.6. The molecule has 4 nitrogen and oxygen atoms in total. The molecule has 6 heteroatoms. The van der Waals surface area contributed by atoms with E-state index in [9.17, 15) is 14.0 Å². The van der Waals surface area contributed by atoms with Crippen molar-refractivity contribution in [2.75, 3.05) is 6.54 Å². The van der Waals surface area contributed by atoms with Crippen molar-refractivity contribution in [3.8, 4) is 0 Å². The Kier molecular flexibility index (Phi) is 6.61. The number of benzene rings is 1. The lowest BCUT2D eigenvalue weighted by Crippen LogP contribution is -2.43. The van der Waals surface area contributed by atoms with Gasteiger partial charge < -0.3 is 9.80 Å². The molecule has 1 heterocycles. The molecule has 1 aliphatic rings. The zero-order valence-corrected chi connectivity index (χ0v) is 16.4. The summed E-state index contributed by atoms with van der Waals surface area (Å²) in [6.45, 7) is 2.99. The van der Waals surface area contributed by atoms with E-state index in [-0.39, 0.29) is 30.2 Å².